The van der Waals surface area contributed by atoms with E-state index in [-0.39, 0.29) is 0 Å². The number of rotatable bonds is 0. The molecule has 0 saturated heterocycles. The van der Waals surface area contributed by atoms with E-state index >= 15 is 0 Å². The van der Waals surface area contributed by atoms with E-state index in [1.807, 2.05) is 63.8 Å². The van der Waals surface area contributed by atoms with Crippen LogP contribution < -0.4 is 0 Å². The van der Waals surface area contributed by atoms with Crippen LogP contribution in [0.15, 0.2) is 0 Å². The Morgan fingerprint density at radius 2 is 0.375 bits per heavy atom. The van der Waals surface area contributed by atoms with Crippen LogP contribution in [0.25, 0.3) is 0 Å². The summed E-state index contributed by atoms with van der Waals surface area (Å²) in [6.07, 6.45) is 0. The van der Waals surface area contributed by atoms with Gasteiger partial charge in [-0.15, -0.1) is 0 Å². The SMILES string of the molecule is [O]=[Fe].[O]=[Fe].[O]=[Fe].[O]=[Fe]. The zero-order chi connectivity index (χ0) is 8.00. The Kier molecular flexibility index (Phi) is 766. The molecule has 0 rings (SSSR count). The predicted molar refractivity (Wildman–Crippen MR) is 2.75 cm³/mol. The first-order valence-electron chi connectivity index (χ1n) is 0.577. The van der Waals surface area contributed by atoms with E-state index in [0.717, 1.165) is 0 Å². The van der Waals surface area contributed by atoms with Crippen molar-refractivity contribution in [1.29, 1.82) is 0 Å². The summed E-state index contributed by atoms with van der Waals surface area (Å²) >= 11 is 8.00. The average Bonchev–Trinajstić information content (AvgIpc) is 2.03. The van der Waals surface area contributed by atoms with Crippen LogP contribution in [0.3, 0.4) is 0 Å². The Morgan fingerprint density at radius 1 is 0.375 bits per heavy atom. The van der Waals surface area contributed by atoms with E-state index in [4.69, 9.17) is 15.3 Å². The van der Waals surface area contributed by atoms with E-state index < -0.39 is 0 Å². The van der Waals surface area contributed by atoms with Gasteiger partial charge in [-0.3, -0.25) is 0 Å². The fraction of sp³-hybridized carbons (Fsp3) is 0. The molecule has 0 unspecified atom stereocenters. The van der Waals surface area contributed by atoms with Gasteiger partial charge in [0.25, 0.3) is 0 Å². The second-order valence-electron chi connectivity index (χ2n) is 0. The van der Waals surface area contributed by atoms with Gasteiger partial charge in [0.05, 0.1) is 0 Å². The molecule has 8 heavy (non-hydrogen) atoms. The van der Waals surface area contributed by atoms with Crippen molar-refractivity contribution in [2.75, 3.05) is 0 Å². The van der Waals surface area contributed by atoms with Crippen LogP contribution in [-0.4, -0.2) is 0 Å². The zero-order valence-corrected chi connectivity index (χ0v) is 7.46. The summed E-state index contributed by atoms with van der Waals surface area (Å²) in [5, 5.41) is 0. The first kappa shape index (κ1) is 22.8. The van der Waals surface area contributed by atoms with Crippen molar-refractivity contribution in [3.05, 3.63) is 0 Å². The van der Waals surface area contributed by atoms with Crippen LogP contribution in [0, 0.1) is 0 Å². The Balaban J connectivity index is -0.0000000133. The summed E-state index contributed by atoms with van der Waals surface area (Å²) in [5.74, 6) is 0. The zero-order valence-electron chi connectivity index (χ0n) is 3.05. The third-order valence-electron chi connectivity index (χ3n) is 0. The molecule has 0 atom stereocenters. The van der Waals surface area contributed by atoms with E-state index in [9.17, 15) is 0 Å². The molecule has 8 heteroatoms. The summed E-state index contributed by atoms with van der Waals surface area (Å²) in [5.41, 5.74) is 0. The molecule has 0 aromatic carbocycles. The molecule has 0 aliphatic carbocycles. The Hall–Kier alpha value is 1.28. The maximum absolute atomic E-state index is 8.00. The van der Waals surface area contributed by atoms with Crippen LogP contribution >= 0.6 is 0 Å². The minimum atomic E-state index is 2.00. The van der Waals surface area contributed by atoms with Gasteiger partial charge in [0, 0.05) is 0 Å². The van der Waals surface area contributed by atoms with Crippen LogP contribution in [0.1, 0.15) is 0 Å². The van der Waals surface area contributed by atoms with Gasteiger partial charge in [0.15, 0.2) is 0 Å². The predicted octanol–water partition coefficient (Wildman–Crippen LogP) is -0.485. The topological polar surface area (TPSA) is 68.3 Å². The number of hydrogen-bond donors (Lipinski definition) is 0. The monoisotopic (exact) mass is 288 g/mol. The fourth-order valence-corrected chi connectivity index (χ4v) is 0. The van der Waals surface area contributed by atoms with Crippen molar-refractivity contribution in [1.82, 2.24) is 0 Å². The fourth-order valence-electron chi connectivity index (χ4n) is 0. The molecule has 0 N–H and O–H groups in total. The second kappa shape index (κ2) is 268. The van der Waals surface area contributed by atoms with Gasteiger partial charge in [-0.1, -0.05) is 0 Å². The van der Waals surface area contributed by atoms with Gasteiger partial charge < -0.3 is 0 Å². The molecule has 0 aliphatic heterocycles. The molecule has 0 bridgehead atoms. The van der Waals surface area contributed by atoms with Crippen LogP contribution in [0.4, 0.5) is 0 Å². The Bertz CT molecular complexity index is 16.0. The van der Waals surface area contributed by atoms with Crippen LogP contribution in [-0.2, 0) is 79.1 Å². The molecule has 0 fully saturated rings. The normalized spacial score (nSPS) is 2.50. The first-order chi connectivity index (χ1) is 4.00. The molecule has 0 spiro atoms. The molecule has 0 aromatic heterocycles. The molecule has 0 aromatic rings. The number of hydrogen-bond acceptors (Lipinski definition) is 4. The second-order valence-corrected chi connectivity index (χ2v) is 0. The van der Waals surface area contributed by atoms with Crippen molar-refractivity contribution >= 4 is 0 Å². The summed E-state index contributed by atoms with van der Waals surface area (Å²) < 4.78 is 32.0. The van der Waals surface area contributed by atoms with E-state index in [0.29, 0.717) is 0 Å². The van der Waals surface area contributed by atoms with Crippen molar-refractivity contribution in [3.8, 4) is 0 Å². The molecule has 56 valence electrons. The summed E-state index contributed by atoms with van der Waals surface area (Å²) in [6.45, 7) is 0. The van der Waals surface area contributed by atoms with Gasteiger partial charge >= 0.3 is 79.1 Å². The Morgan fingerprint density at radius 3 is 0.375 bits per heavy atom. The Labute approximate surface area is 78.6 Å². The van der Waals surface area contributed by atoms with E-state index in [2.05, 4.69) is 0 Å². The van der Waals surface area contributed by atoms with Crippen molar-refractivity contribution < 1.29 is 79.1 Å². The minimum absolute atomic E-state index is 2.00. The van der Waals surface area contributed by atoms with E-state index in [1.54, 1.807) is 0 Å². The molecular formula is Fe4O4. The summed E-state index contributed by atoms with van der Waals surface area (Å²) in [4.78, 5) is 0. The quantitative estimate of drug-likeness (QED) is 0.564. The molecule has 0 amide bonds. The van der Waals surface area contributed by atoms with Crippen molar-refractivity contribution in [2.45, 2.75) is 0 Å². The van der Waals surface area contributed by atoms with Gasteiger partial charge in [0.2, 0.25) is 0 Å². The maximum atomic E-state index is 8.00. The average molecular weight is 287 g/mol. The summed E-state index contributed by atoms with van der Waals surface area (Å²) in [6, 6.07) is 0. The molecule has 4 nitrogen and oxygen atoms in total. The van der Waals surface area contributed by atoms with E-state index in [1.165, 1.54) is 0 Å². The molecule has 0 radical (unpaired) electrons. The summed E-state index contributed by atoms with van der Waals surface area (Å²) in [7, 11) is 0. The van der Waals surface area contributed by atoms with Crippen molar-refractivity contribution in [2.24, 2.45) is 0 Å². The third-order valence-corrected chi connectivity index (χ3v) is 0. The van der Waals surface area contributed by atoms with Gasteiger partial charge in [-0.25, -0.2) is 0 Å². The van der Waals surface area contributed by atoms with Gasteiger partial charge in [-0.2, -0.15) is 0 Å². The van der Waals surface area contributed by atoms with Gasteiger partial charge in [0.1, 0.15) is 0 Å². The molecule has 0 heterocycles. The van der Waals surface area contributed by atoms with Crippen LogP contribution in [0.5, 0.6) is 0 Å². The van der Waals surface area contributed by atoms with Crippen LogP contribution in [0.2, 0.25) is 0 Å². The standard InChI is InChI=1S/4Fe.4O. The molecule has 0 saturated carbocycles. The van der Waals surface area contributed by atoms with Crippen molar-refractivity contribution in [3.63, 3.8) is 0 Å². The van der Waals surface area contributed by atoms with Gasteiger partial charge in [-0.05, 0) is 0 Å². The molecule has 0 aliphatic rings. The first-order valence-corrected chi connectivity index (χ1v) is 2.38. The molecular weight excluding hydrogens is 287 g/mol. The third kappa shape index (κ3) is 176.